The van der Waals surface area contributed by atoms with Gasteiger partial charge in [-0.25, -0.2) is 13.4 Å². The fourth-order valence-electron chi connectivity index (χ4n) is 2.67. The molecule has 0 atom stereocenters. The van der Waals surface area contributed by atoms with E-state index in [0.29, 0.717) is 21.8 Å². The predicted molar refractivity (Wildman–Crippen MR) is 109 cm³/mol. The van der Waals surface area contributed by atoms with Gasteiger partial charge in [-0.15, -0.1) is 0 Å². The van der Waals surface area contributed by atoms with Crippen LogP contribution in [0.2, 0.25) is 10.0 Å². The number of benzene rings is 1. The van der Waals surface area contributed by atoms with Crippen LogP contribution in [0.4, 0.5) is 5.69 Å². The molecule has 0 radical (unpaired) electrons. The molecule has 0 spiro atoms. The van der Waals surface area contributed by atoms with Crippen LogP contribution in [0.3, 0.4) is 0 Å². The number of hydrogen-bond donors (Lipinski definition) is 1. The van der Waals surface area contributed by atoms with Gasteiger partial charge in [-0.3, -0.25) is 14.5 Å². The van der Waals surface area contributed by atoms with Crippen molar-refractivity contribution >= 4 is 44.7 Å². The molecule has 3 rings (SSSR count). The zero-order valence-corrected chi connectivity index (χ0v) is 17.2. The molecule has 0 fully saturated rings. The van der Waals surface area contributed by atoms with Gasteiger partial charge >= 0.3 is 0 Å². The van der Waals surface area contributed by atoms with Gasteiger partial charge in [-0.1, -0.05) is 23.2 Å². The Kier molecular flexibility index (Phi) is 5.69. The summed E-state index contributed by atoms with van der Waals surface area (Å²) < 4.78 is 27.8. The van der Waals surface area contributed by atoms with Crippen molar-refractivity contribution in [2.24, 2.45) is 0 Å². The molecule has 0 saturated heterocycles. The fourth-order valence-corrected chi connectivity index (χ4v) is 4.01. The predicted octanol–water partition coefficient (Wildman–Crippen LogP) is 4.43. The topological polar surface area (TPSA) is 89.0 Å². The van der Waals surface area contributed by atoms with Gasteiger partial charge in [0, 0.05) is 28.7 Å². The maximum atomic E-state index is 13.1. The van der Waals surface area contributed by atoms with Gasteiger partial charge in [-0.2, -0.15) is 0 Å². The molecule has 2 heterocycles. The standard InChI is InChI=1S/C19H15Cl2N3O3S/c1-11-7-8-22-12(2)17(11)19(25)18-16(9-14(21)10-23-18)24-28(26,27)15-5-3-13(20)4-6-15/h3-10,24H,1-2H3. The number of aromatic nitrogens is 2. The molecule has 0 saturated carbocycles. The minimum atomic E-state index is -3.98. The third-order valence-electron chi connectivity index (χ3n) is 4.01. The summed E-state index contributed by atoms with van der Waals surface area (Å²) in [5.74, 6) is -0.450. The molecule has 0 aliphatic rings. The maximum Gasteiger partial charge on any atom is 0.261 e. The van der Waals surface area contributed by atoms with Crippen molar-refractivity contribution in [1.82, 2.24) is 9.97 Å². The highest BCUT2D eigenvalue weighted by atomic mass is 35.5. The van der Waals surface area contributed by atoms with Crippen LogP contribution >= 0.6 is 23.2 Å². The Bertz CT molecular complexity index is 1140. The Morgan fingerprint density at radius 1 is 1.00 bits per heavy atom. The molecule has 1 aromatic carbocycles. The molecule has 0 amide bonds. The number of ketones is 1. The lowest BCUT2D eigenvalue weighted by Gasteiger charge is -2.13. The van der Waals surface area contributed by atoms with Crippen LogP contribution < -0.4 is 4.72 Å². The van der Waals surface area contributed by atoms with Crippen molar-refractivity contribution in [3.63, 3.8) is 0 Å². The highest BCUT2D eigenvalue weighted by molar-refractivity contribution is 7.92. The largest absolute Gasteiger partial charge is 0.287 e. The average molecular weight is 436 g/mol. The molecular weight excluding hydrogens is 421 g/mol. The van der Waals surface area contributed by atoms with Gasteiger partial charge in [-0.05, 0) is 55.8 Å². The molecule has 0 aliphatic carbocycles. The van der Waals surface area contributed by atoms with E-state index in [4.69, 9.17) is 23.2 Å². The normalized spacial score (nSPS) is 11.3. The Hall–Kier alpha value is -2.48. The van der Waals surface area contributed by atoms with Gasteiger partial charge < -0.3 is 0 Å². The number of anilines is 1. The van der Waals surface area contributed by atoms with Gasteiger partial charge in [0.25, 0.3) is 10.0 Å². The van der Waals surface area contributed by atoms with Gasteiger partial charge in [0.2, 0.25) is 5.78 Å². The molecule has 2 aromatic heterocycles. The molecular formula is C19H15Cl2N3O3S. The van der Waals surface area contributed by atoms with Crippen LogP contribution in [0, 0.1) is 13.8 Å². The highest BCUT2D eigenvalue weighted by Crippen LogP contribution is 2.26. The van der Waals surface area contributed by atoms with Crippen LogP contribution in [0.5, 0.6) is 0 Å². The summed E-state index contributed by atoms with van der Waals surface area (Å²) in [5.41, 5.74) is 1.51. The van der Waals surface area contributed by atoms with E-state index in [1.807, 2.05) is 0 Å². The number of rotatable bonds is 5. The Balaban J connectivity index is 2.07. The number of hydrogen-bond acceptors (Lipinski definition) is 5. The molecule has 3 aromatic rings. The van der Waals surface area contributed by atoms with E-state index in [1.54, 1.807) is 26.1 Å². The van der Waals surface area contributed by atoms with Crippen LogP contribution in [0.15, 0.2) is 53.7 Å². The third-order valence-corrected chi connectivity index (χ3v) is 5.85. The summed E-state index contributed by atoms with van der Waals surface area (Å²) in [5, 5.41) is 0.590. The number of nitrogens with zero attached hydrogens (tertiary/aromatic N) is 2. The fraction of sp³-hybridized carbons (Fsp3) is 0.105. The number of nitrogens with one attached hydrogen (secondary N) is 1. The first-order chi connectivity index (χ1) is 13.2. The molecule has 9 heteroatoms. The molecule has 0 aliphatic heterocycles. The maximum absolute atomic E-state index is 13.1. The zero-order chi connectivity index (χ0) is 20.5. The van der Waals surface area contributed by atoms with E-state index in [9.17, 15) is 13.2 Å². The Labute approximate surface area is 172 Å². The molecule has 144 valence electrons. The quantitative estimate of drug-likeness (QED) is 0.598. The highest BCUT2D eigenvalue weighted by Gasteiger charge is 2.23. The minimum Gasteiger partial charge on any atom is -0.287 e. The van der Waals surface area contributed by atoms with Crippen molar-refractivity contribution in [2.45, 2.75) is 18.7 Å². The van der Waals surface area contributed by atoms with E-state index in [1.165, 1.54) is 36.5 Å². The first-order valence-electron chi connectivity index (χ1n) is 8.10. The summed E-state index contributed by atoms with van der Waals surface area (Å²) >= 11 is 11.8. The van der Waals surface area contributed by atoms with Crippen molar-refractivity contribution in [1.29, 1.82) is 0 Å². The van der Waals surface area contributed by atoms with Gasteiger partial charge in [0.15, 0.2) is 0 Å². The summed E-state index contributed by atoms with van der Waals surface area (Å²) in [6.07, 6.45) is 2.89. The third kappa shape index (κ3) is 4.16. The first-order valence-corrected chi connectivity index (χ1v) is 10.3. The second-order valence-electron chi connectivity index (χ2n) is 6.03. The summed E-state index contributed by atoms with van der Waals surface area (Å²) in [7, 11) is -3.98. The number of pyridine rings is 2. The van der Waals surface area contributed by atoms with E-state index in [2.05, 4.69) is 14.7 Å². The van der Waals surface area contributed by atoms with Crippen molar-refractivity contribution < 1.29 is 13.2 Å². The van der Waals surface area contributed by atoms with Gasteiger partial charge in [0.05, 0.1) is 15.6 Å². The molecule has 6 nitrogen and oxygen atoms in total. The lowest BCUT2D eigenvalue weighted by molar-refractivity contribution is 0.103. The second kappa shape index (κ2) is 7.87. The van der Waals surface area contributed by atoms with Crippen LogP contribution in [0.25, 0.3) is 0 Å². The molecule has 28 heavy (non-hydrogen) atoms. The lowest BCUT2D eigenvalue weighted by Crippen LogP contribution is -2.18. The molecule has 1 N–H and O–H groups in total. The van der Waals surface area contributed by atoms with E-state index in [-0.39, 0.29) is 21.3 Å². The minimum absolute atomic E-state index is 0.0102. The van der Waals surface area contributed by atoms with E-state index < -0.39 is 15.8 Å². The number of halogens is 2. The van der Waals surface area contributed by atoms with Crippen LogP contribution in [0.1, 0.15) is 27.3 Å². The van der Waals surface area contributed by atoms with E-state index >= 15 is 0 Å². The number of sulfonamides is 1. The average Bonchev–Trinajstić information content (AvgIpc) is 2.61. The lowest BCUT2D eigenvalue weighted by atomic mass is 10.0. The Morgan fingerprint density at radius 3 is 2.32 bits per heavy atom. The molecule has 0 bridgehead atoms. The molecule has 0 unspecified atom stereocenters. The summed E-state index contributed by atoms with van der Waals surface area (Å²) in [4.78, 5) is 21.3. The Morgan fingerprint density at radius 2 is 1.68 bits per heavy atom. The van der Waals surface area contributed by atoms with Crippen molar-refractivity contribution in [2.75, 3.05) is 4.72 Å². The monoisotopic (exact) mass is 435 g/mol. The first kappa shape index (κ1) is 20.3. The number of carbonyl (C=O) groups excluding carboxylic acids is 1. The van der Waals surface area contributed by atoms with Crippen molar-refractivity contribution in [3.8, 4) is 0 Å². The van der Waals surface area contributed by atoms with Crippen LogP contribution in [-0.2, 0) is 10.0 Å². The SMILES string of the molecule is Cc1ccnc(C)c1C(=O)c1ncc(Cl)cc1NS(=O)(=O)c1ccc(Cl)cc1. The van der Waals surface area contributed by atoms with Gasteiger partial charge in [0.1, 0.15) is 5.69 Å². The number of aryl methyl sites for hydroxylation is 2. The smallest absolute Gasteiger partial charge is 0.261 e. The van der Waals surface area contributed by atoms with Crippen molar-refractivity contribution in [3.05, 3.63) is 81.4 Å². The summed E-state index contributed by atoms with van der Waals surface area (Å²) in [6, 6.07) is 8.69. The van der Waals surface area contributed by atoms with Crippen LogP contribution in [-0.4, -0.2) is 24.2 Å². The summed E-state index contributed by atoms with van der Waals surface area (Å²) in [6.45, 7) is 3.48. The number of carbonyl (C=O) groups is 1. The second-order valence-corrected chi connectivity index (χ2v) is 8.58. The zero-order valence-electron chi connectivity index (χ0n) is 14.9. The van der Waals surface area contributed by atoms with E-state index in [0.717, 1.165) is 0 Å².